The Morgan fingerprint density at radius 3 is 2.58 bits per heavy atom. The standard InChI is InChI=1S/C22H20ClN5O3/c1-13-17(18(23)28(27-13)12-14-7-4-3-5-8-14)19(29)24-16-10-6-9-15(11-16)22(2)20(30)25-21(31)26-22/h3-11H,12H2,1-2H3,(H,24,29)(H2,25,26,30,31). The van der Waals surface area contributed by atoms with Crippen LogP contribution in [-0.4, -0.2) is 27.6 Å². The molecule has 1 saturated heterocycles. The fourth-order valence-corrected chi connectivity index (χ4v) is 3.84. The highest BCUT2D eigenvalue weighted by Gasteiger charge is 2.43. The molecule has 0 spiro atoms. The Morgan fingerprint density at radius 2 is 1.90 bits per heavy atom. The third-order valence-corrected chi connectivity index (χ3v) is 5.59. The van der Waals surface area contributed by atoms with E-state index in [1.807, 2.05) is 30.3 Å². The smallest absolute Gasteiger partial charge is 0.322 e. The van der Waals surface area contributed by atoms with Crippen LogP contribution in [0.4, 0.5) is 10.5 Å². The number of nitrogens with zero attached hydrogens (tertiary/aromatic N) is 2. The zero-order chi connectivity index (χ0) is 22.2. The van der Waals surface area contributed by atoms with Crippen LogP contribution in [0.3, 0.4) is 0 Å². The van der Waals surface area contributed by atoms with Gasteiger partial charge in [0.1, 0.15) is 10.7 Å². The van der Waals surface area contributed by atoms with Crippen molar-refractivity contribution < 1.29 is 14.4 Å². The number of urea groups is 1. The van der Waals surface area contributed by atoms with Gasteiger partial charge in [0, 0.05) is 5.69 Å². The number of aryl methyl sites for hydroxylation is 1. The molecule has 2 heterocycles. The van der Waals surface area contributed by atoms with E-state index in [0.717, 1.165) is 5.56 Å². The molecule has 4 rings (SSSR count). The summed E-state index contributed by atoms with van der Waals surface area (Å²) in [6, 6.07) is 15.9. The lowest BCUT2D eigenvalue weighted by Gasteiger charge is -2.21. The Kier molecular flexibility index (Phi) is 5.24. The van der Waals surface area contributed by atoms with Crippen molar-refractivity contribution in [2.75, 3.05) is 5.32 Å². The van der Waals surface area contributed by atoms with E-state index in [0.29, 0.717) is 23.5 Å². The molecule has 3 N–H and O–H groups in total. The van der Waals surface area contributed by atoms with E-state index in [1.165, 1.54) is 0 Å². The Bertz CT molecular complexity index is 1190. The number of carbonyl (C=O) groups is 3. The molecule has 1 fully saturated rings. The van der Waals surface area contributed by atoms with Crippen molar-refractivity contribution in [3.63, 3.8) is 0 Å². The van der Waals surface area contributed by atoms with E-state index in [9.17, 15) is 14.4 Å². The summed E-state index contributed by atoms with van der Waals surface area (Å²) in [5.41, 5.74) is 1.58. The predicted octanol–water partition coefficient (Wildman–Crippen LogP) is 3.20. The van der Waals surface area contributed by atoms with Crippen molar-refractivity contribution >= 4 is 35.1 Å². The van der Waals surface area contributed by atoms with Crippen LogP contribution in [0, 0.1) is 6.92 Å². The van der Waals surface area contributed by atoms with Crippen molar-refractivity contribution in [3.05, 3.63) is 82.1 Å². The number of hydrogen-bond acceptors (Lipinski definition) is 4. The van der Waals surface area contributed by atoms with Gasteiger partial charge in [-0.25, -0.2) is 9.48 Å². The molecule has 4 amide bonds. The molecule has 3 aromatic rings. The van der Waals surface area contributed by atoms with Crippen molar-refractivity contribution in [1.82, 2.24) is 20.4 Å². The summed E-state index contributed by atoms with van der Waals surface area (Å²) in [7, 11) is 0. The van der Waals surface area contributed by atoms with Crippen LogP contribution in [0.1, 0.15) is 34.1 Å². The predicted molar refractivity (Wildman–Crippen MR) is 116 cm³/mol. The Hall–Kier alpha value is -3.65. The highest BCUT2D eigenvalue weighted by atomic mass is 35.5. The summed E-state index contributed by atoms with van der Waals surface area (Å²) < 4.78 is 1.58. The number of amides is 4. The molecule has 0 bridgehead atoms. The first-order chi connectivity index (χ1) is 14.8. The van der Waals surface area contributed by atoms with E-state index in [1.54, 1.807) is 42.8 Å². The van der Waals surface area contributed by atoms with E-state index in [-0.39, 0.29) is 10.7 Å². The normalized spacial score (nSPS) is 17.9. The molecular formula is C22H20ClN5O3. The summed E-state index contributed by atoms with van der Waals surface area (Å²) in [4.78, 5) is 36.7. The van der Waals surface area contributed by atoms with Crippen molar-refractivity contribution in [2.24, 2.45) is 0 Å². The molecule has 1 aliphatic rings. The summed E-state index contributed by atoms with van der Waals surface area (Å²) in [5.74, 6) is -0.869. The lowest BCUT2D eigenvalue weighted by atomic mass is 9.92. The average molecular weight is 438 g/mol. The molecule has 158 valence electrons. The lowest BCUT2D eigenvalue weighted by molar-refractivity contribution is -0.123. The van der Waals surface area contributed by atoms with Crippen LogP contribution >= 0.6 is 11.6 Å². The maximum Gasteiger partial charge on any atom is 0.322 e. The molecule has 1 unspecified atom stereocenters. The number of anilines is 1. The summed E-state index contributed by atoms with van der Waals surface area (Å²) in [5, 5.41) is 12.3. The minimum atomic E-state index is -1.22. The van der Waals surface area contributed by atoms with Gasteiger partial charge in [0.05, 0.1) is 17.8 Å². The number of carbonyl (C=O) groups excluding carboxylic acids is 3. The Balaban J connectivity index is 1.57. The summed E-state index contributed by atoms with van der Waals surface area (Å²) in [6.45, 7) is 3.76. The SMILES string of the molecule is Cc1nn(Cc2ccccc2)c(Cl)c1C(=O)Nc1cccc(C2(C)NC(=O)NC2=O)c1. The van der Waals surface area contributed by atoms with Crippen LogP contribution in [-0.2, 0) is 16.9 Å². The molecule has 1 atom stereocenters. The van der Waals surface area contributed by atoms with E-state index >= 15 is 0 Å². The molecule has 9 heteroatoms. The van der Waals surface area contributed by atoms with Crippen LogP contribution in [0.5, 0.6) is 0 Å². The molecular weight excluding hydrogens is 418 g/mol. The molecule has 1 aliphatic heterocycles. The van der Waals surface area contributed by atoms with E-state index < -0.39 is 23.4 Å². The topological polar surface area (TPSA) is 105 Å². The summed E-state index contributed by atoms with van der Waals surface area (Å²) >= 11 is 6.47. The second-order valence-electron chi connectivity index (χ2n) is 7.46. The molecule has 0 saturated carbocycles. The van der Waals surface area contributed by atoms with Crippen molar-refractivity contribution in [1.29, 1.82) is 0 Å². The number of aromatic nitrogens is 2. The van der Waals surface area contributed by atoms with Gasteiger partial charge in [0.15, 0.2) is 0 Å². The van der Waals surface area contributed by atoms with Crippen molar-refractivity contribution in [2.45, 2.75) is 25.9 Å². The highest BCUT2D eigenvalue weighted by molar-refractivity contribution is 6.33. The first-order valence-corrected chi connectivity index (χ1v) is 9.98. The number of rotatable bonds is 5. The van der Waals surface area contributed by atoms with E-state index in [4.69, 9.17) is 11.6 Å². The fraction of sp³-hybridized carbons (Fsp3) is 0.182. The largest absolute Gasteiger partial charge is 0.322 e. The number of nitrogens with one attached hydrogen (secondary N) is 3. The number of imide groups is 1. The van der Waals surface area contributed by atoms with Gasteiger partial charge in [0.2, 0.25) is 0 Å². The fourth-order valence-electron chi connectivity index (χ4n) is 3.52. The third-order valence-electron chi connectivity index (χ3n) is 5.21. The van der Waals surface area contributed by atoms with Gasteiger partial charge in [0.25, 0.3) is 11.8 Å². The monoisotopic (exact) mass is 437 g/mol. The number of hydrogen-bond donors (Lipinski definition) is 3. The second kappa shape index (κ2) is 7.88. The van der Waals surface area contributed by atoms with E-state index in [2.05, 4.69) is 21.0 Å². The maximum atomic E-state index is 13.0. The third kappa shape index (κ3) is 3.89. The molecule has 8 nitrogen and oxygen atoms in total. The van der Waals surface area contributed by atoms with Crippen LogP contribution in [0.25, 0.3) is 0 Å². The molecule has 0 aliphatic carbocycles. The van der Waals surface area contributed by atoms with Crippen LogP contribution in [0.2, 0.25) is 5.15 Å². The van der Waals surface area contributed by atoms with Crippen LogP contribution < -0.4 is 16.0 Å². The zero-order valence-electron chi connectivity index (χ0n) is 16.9. The minimum absolute atomic E-state index is 0.240. The van der Waals surface area contributed by atoms with Crippen LogP contribution in [0.15, 0.2) is 54.6 Å². The minimum Gasteiger partial charge on any atom is -0.322 e. The Morgan fingerprint density at radius 1 is 1.16 bits per heavy atom. The van der Waals surface area contributed by atoms with Gasteiger partial charge >= 0.3 is 6.03 Å². The summed E-state index contributed by atoms with van der Waals surface area (Å²) in [6.07, 6.45) is 0. The molecule has 1 aromatic heterocycles. The number of halogens is 1. The van der Waals surface area contributed by atoms with Gasteiger partial charge in [-0.15, -0.1) is 0 Å². The first kappa shape index (κ1) is 20.6. The van der Waals surface area contributed by atoms with Gasteiger partial charge in [-0.3, -0.25) is 14.9 Å². The van der Waals surface area contributed by atoms with Gasteiger partial charge in [-0.05, 0) is 37.1 Å². The molecule has 31 heavy (non-hydrogen) atoms. The van der Waals surface area contributed by atoms with Gasteiger partial charge in [-0.1, -0.05) is 54.1 Å². The van der Waals surface area contributed by atoms with Gasteiger partial charge < -0.3 is 10.6 Å². The maximum absolute atomic E-state index is 13.0. The number of benzene rings is 2. The van der Waals surface area contributed by atoms with Crippen molar-refractivity contribution in [3.8, 4) is 0 Å². The highest BCUT2D eigenvalue weighted by Crippen LogP contribution is 2.27. The molecule has 0 radical (unpaired) electrons. The van der Waals surface area contributed by atoms with Gasteiger partial charge in [-0.2, -0.15) is 5.10 Å². The zero-order valence-corrected chi connectivity index (χ0v) is 17.7. The Labute approximate surface area is 183 Å². The molecule has 2 aromatic carbocycles. The lowest BCUT2D eigenvalue weighted by Crippen LogP contribution is -2.40. The second-order valence-corrected chi connectivity index (χ2v) is 7.82. The average Bonchev–Trinajstić information content (AvgIpc) is 3.16. The first-order valence-electron chi connectivity index (χ1n) is 9.60. The quantitative estimate of drug-likeness (QED) is 0.533.